The summed E-state index contributed by atoms with van der Waals surface area (Å²) in [6, 6.07) is 17.3. The molecule has 0 radical (unpaired) electrons. The Bertz CT molecular complexity index is 857. The molecular weight excluding hydrogens is 372 g/mol. The third-order valence-corrected chi connectivity index (χ3v) is 5.81. The van der Waals surface area contributed by atoms with Crippen LogP contribution in [0.5, 0.6) is 0 Å². The zero-order valence-electron chi connectivity index (χ0n) is 16.2. The molecule has 0 spiro atoms. The van der Waals surface area contributed by atoms with E-state index in [2.05, 4.69) is 21.2 Å². The van der Waals surface area contributed by atoms with Crippen LogP contribution in [0.1, 0.15) is 24.1 Å². The number of piperazine rings is 1. The first-order valence-corrected chi connectivity index (χ1v) is 9.87. The van der Waals surface area contributed by atoms with Gasteiger partial charge in [-0.15, -0.1) is 0 Å². The standard InChI is InChI=1S/C22H25ClN4O/c1-16-19(23)9-6-10-20(16)25-22(28)17(2)26-11-13-27(14-12-26)21(15-24)18-7-4-3-5-8-18/h3-10,17,21H,11-14H2,1-2H3,(H,25,28). The Morgan fingerprint density at radius 2 is 1.71 bits per heavy atom. The minimum atomic E-state index is -0.252. The average molecular weight is 397 g/mol. The quantitative estimate of drug-likeness (QED) is 0.833. The van der Waals surface area contributed by atoms with Crippen molar-refractivity contribution in [2.45, 2.75) is 25.9 Å². The van der Waals surface area contributed by atoms with Gasteiger partial charge in [0.05, 0.1) is 12.1 Å². The van der Waals surface area contributed by atoms with Crippen molar-refractivity contribution in [3.05, 3.63) is 64.7 Å². The summed E-state index contributed by atoms with van der Waals surface area (Å²) in [7, 11) is 0. The summed E-state index contributed by atoms with van der Waals surface area (Å²) in [4.78, 5) is 17.0. The van der Waals surface area contributed by atoms with E-state index in [0.717, 1.165) is 43.0 Å². The third-order valence-electron chi connectivity index (χ3n) is 5.40. The van der Waals surface area contributed by atoms with Crippen molar-refractivity contribution in [3.63, 3.8) is 0 Å². The Morgan fingerprint density at radius 1 is 1.07 bits per heavy atom. The van der Waals surface area contributed by atoms with E-state index in [-0.39, 0.29) is 18.0 Å². The molecule has 0 aromatic heterocycles. The molecule has 1 heterocycles. The number of benzene rings is 2. The molecule has 1 amide bonds. The van der Waals surface area contributed by atoms with E-state index in [9.17, 15) is 10.1 Å². The highest BCUT2D eigenvalue weighted by Gasteiger charge is 2.29. The van der Waals surface area contributed by atoms with Crippen LogP contribution in [-0.4, -0.2) is 47.9 Å². The van der Waals surface area contributed by atoms with Gasteiger partial charge in [0.1, 0.15) is 6.04 Å². The Balaban J connectivity index is 1.59. The summed E-state index contributed by atoms with van der Waals surface area (Å²) in [6.07, 6.45) is 0. The Labute approximate surface area is 171 Å². The lowest BCUT2D eigenvalue weighted by Gasteiger charge is -2.39. The van der Waals surface area contributed by atoms with Crippen molar-refractivity contribution >= 4 is 23.2 Å². The second kappa shape index (κ2) is 9.20. The highest BCUT2D eigenvalue weighted by molar-refractivity contribution is 6.31. The molecule has 5 nitrogen and oxygen atoms in total. The summed E-state index contributed by atoms with van der Waals surface area (Å²) in [6.45, 7) is 6.81. The van der Waals surface area contributed by atoms with E-state index < -0.39 is 0 Å². The summed E-state index contributed by atoms with van der Waals surface area (Å²) in [5.41, 5.74) is 2.63. The predicted molar refractivity (Wildman–Crippen MR) is 112 cm³/mol. The van der Waals surface area contributed by atoms with Gasteiger partial charge in [-0.1, -0.05) is 48.0 Å². The van der Waals surface area contributed by atoms with Gasteiger partial charge >= 0.3 is 0 Å². The van der Waals surface area contributed by atoms with Crippen LogP contribution in [0.4, 0.5) is 5.69 Å². The molecule has 0 aliphatic carbocycles. The van der Waals surface area contributed by atoms with Gasteiger partial charge in [0.2, 0.25) is 5.91 Å². The zero-order valence-corrected chi connectivity index (χ0v) is 17.0. The maximum atomic E-state index is 12.7. The summed E-state index contributed by atoms with van der Waals surface area (Å²) < 4.78 is 0. The van der Waals surface area contributed by atoms with Crippen molar-refractivity contribution in [3.8, 4) is 6.07 Å². The van der Waals surface area contributed by atoms with Crippen molar-refractivity contribution < 1.29 is 4.79 Å². The monoisotopic (exact) mass is 396 g/mol. The largest absolute Gasteiger partial charge is 0.324 e. The summed E-state index contributed by atoms with van der Waals surface area (Å²) >= 11 is 6.14. The fourth-order valence-corrected chi connectivity index (χ4v) is 3.71. The predicted octanol–water partition coefficient (Wildman–Crippen LogP) is 3.86. The molecule has 2 unspecified atom stereocenters. The van der Waals surface area contributed by atoms with E-state index in [1.54, 1.807) is 0 Å². The van der Waals surface area contributed by atoms with Gasteiger partial charge in [-0.2, -0.15) is 5.26 Å². The van der Waals surface area contributed by atoms with Gasteiger partial charge in [0.25, 0.3) is 0 Å². The van der Waals surface area contributed by atoms with Crippen LogP contribution in [0.15, 0.2) is 48.5 Å². The fraction of sp³-hybridized carbons (Fsp3) is 0.364. The second-order valence-electron chi connectivity index (χ2n) is 7.09. The first kappa shape index (κ1) is 20.3. The molecule has 2 aromatic rings. The zero-order chi connectivity index (χ0) is 20.1. The number of nitriles is 1. The van der Waals surface area contributed by atoms with Crippen molar-refractivity contribution in [1.82, 2.24) is 9.80 Å². The number of hydrogen-bond donors (Lipinski definition) is 1. The molecule has 0 bridgehead atoms. The number of halogens is 1. The molecule has 2 atom stereocenters. The van der Waals surface area contributed by atoms with Gasteiger partial charge in [-0.3, -0.25) is 14.6 Å². The fourth-order valence-electron chi connectivity index (χ4n) is 3.53. The molecular formula is C22H25ClN4O. The van der Waals surface area contributed by atoms with Crippen LogP contribution in [0.2, 0.25) is 5.02 Å². The molecule has 2 aromatic carbocycles. The molecule has 1 saturated heterocycles. The van der Waals surface area contributed by atoms with Crippen LogP contribution in [0, 0.1) is 18.3 Å². The smallest absolute Gasteiger partial charge is 0.241 e. The lowest BCUT2D eigenvalue weighted by molar-refractivity contribution is -0.121. The minimum absolute atomic E-state index is 0.0429. The molecule has 3 rings (SSSR count). The van der Waals surface area contributed by atoms with Crippen LogP contribution in [-0.2, 0) is 4.79 Å². The highest BCUT2D eigenvalue weighted by atomic mass is 35.5. The van der Waals surface area contributed by atoms with E-state index >= 15 is 0 Å². The molecule has 1 aliphatic rings. The van der Waals surface area contributed by atoms with E-state index in [1.807, 2.05) is 62.4 Å². The van der Waals surface area contributed by atoms with Crippen LogP contribution in [0.25, 0.3) is 0 Å². The van der Waals surface area contributed by atoms with Crippen molar-refractivity contribution in [2.24, 2.45) is 0 Å². The van der Waals surface area contributed by atoms with Gasteiger partial charge in [0.15, 0.2) is 0 Å². The third kappa shape index (κ3) is 4.53. The number of nitrogens with one attached hydrogen (secondary N) is 1. The number of nitrogens with zero attached hydrogens (tertiary/aromatic N) is 3. The number of amides is 1. The van der Waals surface area contributed by atoms with Crippen molar-refractivity contribution in [2.75, 3.05) is 31.5 Å². The number of anilines is 1. The van der Waals surface area contributed by atoms with E-state index in [1.165, 1.54) is 0 Å². The molecule has 0 saturated carbocycles. The number of carbonyl (C=O) groups is 1. The van der Waals surface area contributed by atoms with Crippen LogP contribution in [0.3, 0.4) is 0 Å². The molecule has 28 heavy (non-hydrogen) atoms. The molecule has 1 fully saturated rings. The molecule has 1 N–H and O–H groups in total. The average Bonchev–Trinajstić information content (AvgIpc) is 2.73. The normalized spacial score (nSPS) is 17.5. The van der Waals surface area contributed by atoms with E-state index in [4.69, 9.17) is 11.6 Å². The summed E-state index contributed by atoms with van der Waals surface area (Å²) in [5, 5.41) is 13.3. The van der Waals surface area contributed by atoms with Gasteiger partial charge in [0, 0.05) is 36.9 Å². The topological polar surface area (TPSA) is 59.4 Å². The van der Waals surface area contributed by atoms with Crippen LogP contribution >= 0.6 is 11.6 Å². The minimum Gasteiger partial charge on any atom is -0.324 e. The lowest BCUT2D eigenvalue weighted by Crippen LogP contribution is -2.53. The van der Waals surface area contributed by atoms with Gasteiger partial charge in [-0.05, 0) is 37.1 Å². The van der Waals surface area contributed by atoms with Crippen molar-refractivity contribution in [1.29, 1.82) is 5.26 Å². The second-order valence-corrected chi connectivity index (χ2v) is 7.50. The first-order chi connectivity index (χ1) is 13.5. The molecule has 6 heteroatoms. The molecule has 146 valence electrons. The number of hydrogen-bond acceptors (Lipinski definition) is 4. The molecule has 1 aliphatic heterocycles. The lowest BCUT2D eigenvalue weighted by atomic mass is 10.1. The van der Waals surface area contributed by atoms with E-state index in [0.29, 0.717) is 5.02 Å². The Morgan fingerprint density at radius 3 is 2.36 bits per heavy atom. The highest BCUT2D eigenvalue weighted by Crippen LogP contribution is 2.24. The summed E-state index contributed by atoms with van der Waals surface area (Å²) in [5.74, 6) is -0.0429. The maximum Gasteiger partial charge on any atom is 0.241 e. The first-order valence-electron chi connectivity index (χ1n) is 9.50. The maximum absolute atomic E-state index is 12.7. The SMILES string of the molecule is Cc1c(Cl)cccc1NC(=O)C(C)N1CCN(C(C#N)c2ccccc2)CC1. The number of carbonyl (C=O) groups excluding carboxylic acids is 1. The Hall–Kier alpha value is -2.39. The number of rotatable bonds is 5. The van der Waals surface area contributed by atoms with Crippen LogP contribution < -0.4 is 5.32 Å². The van der Waals surface area contributed by atoms with Gasteiger partial charge < -0.3 is 5.32 Å². The Kier molecular flexibility index (Phi) is 6.69. The van der Waals surface area contributed by atoms with Gasteiger partial charge in [-0.25, -0.2) is 0 Å².